The van der Waals surface area contributed by atoms with Crippen LogP contribution in [-0.4, -0.2) is 43.6 Å². The molecule has 0 amide bonds. The van der Waals surface area contributed by atoms with E-state index in [1.807, 2.05) is 19.1 Å². The first-order chi connectivity index (χ1) is 10.2. The van der Waals surface area contributed by atoms with E-state index in [-0.39, 0.29) is 35.9 Å². The van der Waals surface area contributed by atoms with Gasteiger partial charge in [-0.3, -0.25) is 9.79 Å². The highest BCUT2D eigenvalue weighted by Gasteiger charge is 2.28. The van der Waals surface area contributed by atoms with Crippen molar-refractivity contribution in [3.8, 4) is 0 Å². The van der Waals surface area contributed by atoms with Crippen molar-refractivity contribution in [2.75, 3.05) is 26.7 Å². The third kappa shape index (κ3) is 5.19. The summed E-state index contributed by atoms with van der Waals surface area (Å²) in [5, 5.41) is 3.26. The quantitative estimate of drug-likeness (QED) is 0.350. The third-order valence-electron chi connectivity index (χ3n) is 3.55. The number of ether oxygens (including phenoxy) is 1. The van der Waals surface area contributed by atoms with Crippen molar-refractivity contribution >= 4 is 35.9 Å². The van der Waals surface area contributed by atoms with E-state index < -0.39 is 0 Å². The number of carbonyl (C=O) groups excluding carboxylic acids is 1. The normalized spacial score (nSPS) is 18.5. The molecule has 1 aromatic rings. The zero-order chi connectivity index (χ0) is 15.1. The number of rotatable bonds is 4. The molecule has 6 nitrogen and oxygen atoms in total. The van der Waals surface area contributed by atoms with E-state index >= 15 is 0 Å². The second-order valence-corrected chi connectivity index (χ2v) is 5.02. The van der Waals surface area contributed by atoms with Gasteiger partial charge in [-0.05, 0) is 31.9 Å². The van der Waals surface area contributed by atoms with Gasteiger partial charge in [-0.25, -0.2) is 0 Å². The molecule has 1 atom stereocenters. The molecule has 1 fully saturated rings. The molecule has 0 radical (unpaired) electrons. The van der Waals surface area contributed by atoms with Gasteiger partial charge < -0.3 is 19.4 Å². The molecule has 124 valence electrons. The van der Waals surface area contributed by atoms with Crippen molar-refractivity contribution in [3.05, 3.63) is 24.2 Å². The first-order valence-electron chi connectivity index (χ1n) is 7.39. The van der Waals surface area contributed by atoms with E-state index in [0.717, 1.165) is 31.1 Å². The van der Waals surface area contributed by atoms with Gasteiger partial charge >= 0.3 is 5.97 Å². The maximum Gasteiger partial charge on any atom is 0.310 e. The van der Waals surface area contributed by atoms with E-state index in [0.29, 0.717) is 19.7 Å². The molecule has 0 aromatic carbocycles. The van der Waals surface area contributed by atoms with Crippen molar-refractivity contribution in [2.45, 2.75) is 26.3 Å². The number of carbonyl (C=O) groups is 1. The monoisotopic (exact) mass is 421 g/mol. The molecule has 0 aliphatic carbocycles. The summed E-state index contributed by atoms with van der Waals surface area (Å²) in [6, 6.07) is 3.77. The molecular weight excluding hydrogens is 397 g/mol. The molecule has 1 aliphatic heterocycles. The molecule has 1 N–H and O–H groups in total. The molecule has 1 aromatic heterocycles. The summed E-state index contributed by atoms with van der Waals surface area (Å²) in [7, 11) is 1.75. The minimum absolute atomic E-state index is 0. The predicted molar refractivity (Wildman–Crippen MR) is 95.3 cm³/mol. The van der Waals surface area contributed by atoms with Crippen LogP contribution in [-0.2, 0) is 16.1 Å². The zero-order valence-electron chi connectivity index (χ0n) is 13.1. The van der Waals surface area contributed by atoms with E-state index in [2.05, 4.69) is 15.2 Å². The molecule has 0 bridgehead atoms. The number of aliphatic imine (C=N–C) groups is 1. The van der Waals surface area contributed by atoms with Crippen LogP contribution in [0.4, 0.5) is 0 Å². The highest BCUT2D eigenvalue weighted by molar-refractivity contribution is 14.0. The summed E-state index contributed by atoms with van der Waals surface area (Å²) in [4.78, 5) is 18.3. The number of guanidine groups is 1. The molecule has 0 spiro atoms. The molecule has 2 rings (SSSR count). The fourth-order valence-corrected chi connectivity index (χ4v) is 2.53. The van der Waals surface area contributed by atoms with Crippen molar-refractivity contribution in [2.24, 2.45) is 10.9 Å². The summed E-state index contributed by atoms with van der Waals surface area (Å²) in [5.41, 5.74) is 0. The Morgan fingerprint density at radius 2 is 2.41 bits per heavy atom. The van der Waals surface area contributed by atoms with Crippen LogP contribution in [0.5, 0.6) is 0 Å². The van der Waals surface area contributed by atoms with Gasteiger partial charge in [0.05, 0.1) is 25.3 Å². The zero-order valence-corrected chi connectivity index (χ0v) is 15.4. The number of furan rings is 1. The van der Waals surface area contributed by atoms with E-state index in [4.69, 9.17) is 9.15 Å². The lowest BCUT2D eigenvalue weighted by molar-refractivity contribution is -0.149. The van der Waals surface area contributed by atoms with Gasteiger partial charge in [-0.15, -0.1) is 24.0 Å². The first-order valence-corrected chi connectivity index (χ1v) is 7.39. The van der Waals surface area contributed by atoms with Gasteiger partial charge in [0.25, 0.3) is 0 Å². The van der Waals surface area contributed by atoms with Gasteiger partial charge in [-0.2, -0.15) is 0 Å². The van der Waals surface area contributed by atoms with E-state index in [1.54, 1.807) is 13.3 Å². The smallest absolute Gasteiger partial charge is 0.310 e. The molecule has 2 heterocycles. The van der Waals surface area contributed by atoms with Gasteiger partial charge in [0.2, 0.25) is 0 Å². The fraction of sp³-hybridized carbons (Fsp3) is 0.600. The van der Waals surface area contributed by atoms with Crippen LogP contribution in [0.3, 0.4) is 0 Å². The maximum absolute atomic E-state index is 11.9. The average Bonchev–Trinajstić information content (AvgIpc) is 3.02. The Morgan fingerprint density at radius 3 is 3.05 bits per heavy atom. The predicted octanol–water partition coefficient (Wildman–Crippen LogP) is 2.25. The number of halogens is 1. The summed E-state index contributed by atoms with van der Waals surface area (Å²) >= 11 is 0. The molecule has 0 unspecified atom stereocenters. The van der Waals surface area contributed by atoms with Crippen LogP contribution in [0.15, 0.2) is 27.8 Å². The Kier molecular flexibility index (Phi) is 8.29. The molecule has 22 heavy (non-hydrogen) atoms. The second-order valence-electron chi connectivity index (χ2n) is 5.02. The number of likely N-dealkylation sites (tertiary alicyclic amines) is 1. The van der Waals surface area contributed by atoms with Crippen LogP contribution in [0.1, 0.15) is 25.5 Å². The van der Waals surface area contributed by atoms with Crippen molar-refractivity contribution < 1.29 is 13.9 Å². The lowest BCUT2D eigenvalue weighted by atomic mass is 9.98. The third-order valence-corrected chi connectivity index (χ3v) is 3.55. The Hall–Kier alpha value is -1.25. The van der Waals surface area contributed by atoms with Crippen LogP contribution in [0.2, 0.25) is 0 Å². The lowest BCUT2D eigenvalue weighted by Crippen LogP contribution is -2.48. The van der Waals surface area contributed by atoms with Crippen LogP contribution < -0.4 is 5.32 Å². The molecule has 7 heteroatoms. The fourth-order valence-electron chi connectivity index (χ4n) is 2.53. The van der Waals surface area contributed by atoms with Crippen LogP contribution >= 0.6 is 24.0 Å². The Labute approximate surface area is 148 Å². The number of piperidine rings is 1. The highest BCUT2D eigenvalue weighted by Crippen LogP contribution is 2.18. The highest BCUT2D eigenvalue weighted by atomic mass is 127. The maximum atomic E-state index is 11.9. The second kappa shape index (κ2) is 9.70. The van der Waals surface area contributed by atoms with Crippen LogP contribution in [0.25, 0.3) is 0 Å². The number of nitrogens with zero attached hydrogens (tertiary/aromatic N) is 2. The van der Waals surface area contributed by atoms with Crippen LogP contribution in [0, 0.1) is 5.92 Å². The number of nitrogens with one attached hydrogen (secondary N) is 1. The minimum Gasteiger partial charge on any atom is -0.467 e. The van der Waals surface area contributed by atoms with E-state index in [9.17, 15) is 4.79 Å². The lowest BCUT2D eigenvalue weighted by Gasteiger charge is -2.33. The average molecular weight is 421 g/mol. The number of esters is 1. The van der Waals surface area contributed by atoms with Gasteiger partial charge in [-0.1, -0.05) is 0 Å². The Balaban J connectivity index is 0.00000242. The van der Waals surface area contributed by atoms with Gasteiger partial charge in [0, 0.05) is 20.1 Å². The SMILES string of the molecule is CCOC(=O)[C@H]1CCCN(C(=NC)NCc2ccco2)C1.I. The molecule has 1 aliphatic rings. The molecule has 1 saturated heterocycles. The Bertz CT molecular complexity index is 476. The van der Waals surface area contributed by atoms with Gasteiger partial charge in [0.15, 0.2) is 5.96 Å². The summed E-state index contributed by atoms with van der Waals surface area (Å²) in [6.45, 7) is 4.40. The van der Waals surface area contributed by atoms with Gasteiger partial charge in [0.1, 0.15) is 5.76 Å². The van der Waals surface area contributed by atoms with Crippen molar-refractivity contribution in [1.29, 1.82) is 0 Å². The summed E-state index contributed by atoms with van der Waals surface area (Å²) in [5.74, 6) is 1.47. The minimum atomic E-state index is -0.108. The number of hydrogen-bond acceptors (Lipinski definition) is 4. The number of hydrogen-bond donors (Lipinski definition) is 1. The molecular formula is C15H24IN3O3. The Morgan fingerprint density at radius 1 is 1.59 bits per heavy atom. The topological polar surface area (TPSA) is 67.1 Å². The first kappa shape index (κ1) is 18.8. The van der Waals surface area contributed by atoms with Crippen molar-refractivity contribution in [3.63, 3.8) is 0 Å². The molecule has 0 saturated carbocycles. The van der Waals surface area contributed by atoms with E-state index in [1.165, 1.54) is 0 Å². The summed E-state index contributed by atoms with van der Waals surface area (Å²) < 4.78 is 10.4. The van der Waals surface area contributed by atoms with Crippen molar-refractivity contribution in [1.82, 2.24) is 10.2 Å². The summed E-state index contributed by atoms with van der Waals surface area (Å²) in [6.07, 6.45) is 3.49. The largest absolute Gasteiger partial charge is 0.467 e. The standard InChI is InChI=1S/C15H23N3O3.HI/c1-3-20-14(19)12-6-4-8-18(11-12)15(16-2)17-10-13-7-5-9-21-13;/h5,7,9,12H,3-4,6,8,10-11H2,1-2H3,(H,16,17);1H/t12-;/m0./s1.